The highest BCUT2D eigenvalue weighted by Gasteiger charge is 1.86. The maximum absolute atomic E-state index is 5.01. The summed E-state index contributed by atoms with van der Waals surface area (Å²) in [7, 11) is 0. The third kappa shape index (κ3) is 2.49. The number of pyridine rings is 1. The molecule has 4 nitrogen and oxygen atoms in total. The largest absolute Gasteiger partial charge is 0.390 e. The lowest BCUT2D eigenvalue weighted by molar-refractivity contribution is 1.23. The molecule has 0 radical (unpaired) electrons. The third-order valence-corrected chi connectivity index (χ3v) is 1.24. The van der Waals surface area contributed by atoms with Crippen molar-refractivity contribution in [1.82, 2.24) is 4.98 Å². The lowest BCUT2D eigenvalue weighted by Crippen LogP contribution is -1.87. The number of aryl methyl sites for hydroxylation is 1. The van der Waals surface area contributed by atoms with Gasteiger partial charge >= 0.3 is 0 Å². The fourth-order valence-corrected chi connectivity index (χ4v) is 0.667. The lowest BCUT2D eigenvalue weighted by atomic mass is 10.3. The van der Waals surface area contributed by atoms with Crippen molar-refractivity contribution in [3.05, 3.63) is 23.9 Å². The molecule has 1 aromatic rings. The van der Waals surface area contributed by atoms with Crippen LogP contribution in [0.1, 0.15) is 5.56 Å². The van der Waals surface area contributed by atoms with E-state index < -0.39 is 0 Å². The molecule has 0 aliphatic rings. The van der Waals surface area contributed by atoms with E-state index in [0.717, 1.165) is 5.56 Å². The fraction of sp³-hybridized carbons (Fsp3) is 0.125. The molecule has 0 bridgehead atoms. The van der Waals surface area contributed by atoms with E-state index in [9.17, 15) is 0 Å². The van der Waals surface area contributed by atoms with Gasteiger partial charge in [0.15, 0.2) is 5.82 Å². The van der Waals surface area contributed by atoms with E-state index in [4.69, 9.17) is 5.73 Å². The molecule has 1 heterocycles. The molecule has 0 aromatic carbocycles. The second-order valence-corrected chi connectivity index (χ2v) is 2.24. The van der Waals surface area contributed by atoms with Crippen LogP contribution in [-0.2, 0) is 0 Å². The van der Waals surface area contributed by atoms with Gasteiger partial charge < -0.3 is 5.73 Å². The van der Waals surface area contributed by atoms with Gasteiger partial charge in [-0.1, -0.05) is 6.07 Å². The summed E-state index contributed by atoms with van der Waals surface area (Å²) in [5.74, 6) is 0.631. The van der Waals surface area contributed by atoms with Gasteiger partial charge in [0.05, 0.1) is 6.34 Å². The first-order chi connectivity index (χ1) is 5.83. The SMILES string of the molecule is Cc1ccc(N=CN=CN)nc1. The summed E-state index contributed by atoms with van der Waals surface area (Å²) in [5, 5.41) is 0. The van der Waals surface area contributed by atoms with Crippen LogP contribution >= 0.6 is 0 Å². The average molecular weight is 162 g/mol. The molecule has 0 amide bonds. The van der Waals surface area contributed by atoms with Gasteiger partial charge in [-0.2, -0.15) is 0 Å². The Balaban J connectivity index is 2.70. The summed E-state index contributed by atoms with van der Waals surface area (Å²) in [6.45, 7) is 1.97. The number of hydrogen-bond donors (Lipinski definition) is 1. The highest BCUT2D eigenvalue weighted by molar-refractivity contribution is 5.71. The van der Waals surface area contributed by atoms with Crippen LogP contribution in [0.3, 0.4) is 0 Å². The van der Waals surface area contributed by atoms with Crippen molar-refractivity contribution in [1.29, 1.82) is 0 Å². The molecular weight excluding hydrogens is 152 g/mol. The van der Waals surface area contributed by atoms with E-state index in [1.807, 2.05) is 19.1 Å². The summed E-state index contributed by atoms with van der Waals surface area (Å²) in [6.07, 6.45) is 4.29. The second-order valence-electron chi connectivity index (χ2n) is 2.24. The van der Waals surface area contributed by atoms with E-state index in [2.05, 4.69) is 15.0 Å². The Morgan fingerprint density at radius 2 is 2.33 bits per heavy atom. The summed E-state index contributed by atoms with van der Waals surface area (Å²) in [6, 6.07) is 3.75. The van der Waals surface area contributed by atoms with E-state index in [1.54, 1.807) is 6.20 Å². The zero-order valence-electron chi connectivity index (χ0n) is 6.81. The molecule has 0 spiro atoms. The maximum atomic E-state index is 5.01. The van der Waals surface area contributed by atoms with Crippen LogP contribution < -0.4 is 5.73 Å². The molecule has 1 aromatic heterocycles. The number of nitrogens with zero attached hydrogens (tertiary/aromatic N) is 3. The molecule has 0 aliphatic heterocycles. The Bertz CT molecular complexity index is 286. The third-order valence-electron chi connectivity index (χ3n) is 1.24. The summed E-state index contributed by atoms with van der Waals surface area (Å²) < 4.78 is 0. The van der Waals surface area contributed by atoms with Crippen molar-refractivity contribution >= 4 is 18.5 Å². The average Bonchev–Trinajstić information content (AvgIpc) is 2.09. The van der Waals surface area contributed by atoms with Gasteiger partial charge in [0.1, 0.15) is 6.34 Å². The molecular formula is C8H10N4. The van der Waals surface area contributed by atoms with Crippen LogP contribution in [-0.4, -0.2) is 17.7 Å². The predicted molar refractivity (Wildman–Crippen MR) is 49.8 cm³/mol. The van der Waals surface area contributed by atoms with E-state index in [0.29, 0.717) is 5.82 Å². The Labute approximate surface area is 70.9 Å². The van der Waals surface area contributed by atoms with Crippen LogP contribution in [0.4, 0.5) is 5.82 Å². The van der Waals surface area contributed by atoms with E-state index in [1.165, 1.54) is 12.7 Å². The number of hydrogen-bond acceptors (Lipinski definition) is 2. The Hall–Kier alpha value is -1.71. The van der Waals surface area contributed by atoms with Crippen molar-refractivity contribution in [2.24, 2.45) is 15.7 Å². The molecule has 0 unspecified atom stereocenters. The molecule has 4 heteroatoms. The first kappa shape index (κ1) is 8.39. The summed E-state index contributed by atoms with van der Waals surface area (Å²) >= 11 is 0. The van der Waals surface area contributed by atoms with Gasteiger partial charge in [0.25, 0.3) is 0 Å². The van der Waals surface area contributed by atoms with Crippen LogP contribution in [0.2, 0.25) is 0 Å². The quantitative estimate of drug-likeness (QED) is 0.521. The van der Waals surface area contributed by atoms with Crippen molar-refractivity contribution < 1.29 is 0 Å². The first-order valence-corrected chi connectivity index (χ1v) is 3.51. The fourth-order valence-electron chi connectivity index (χ4n) is 0.667. The van der Waals surface area contributed by atoms with Gasteiger partial charge in [0.2, 0.25) is 0 Å². The highest BCUT2D eigenvalue weighted by Crippen LogP contribution is 2.06. The summed E-state index contributed by atoms with van der Waals surface area (Å²) in [4.78, 5) is 11.6. The monoisotopic (exact) mass is 162 g/mol. The zero-order chi connectivity index (χ0) is 8.81. The number of rotatable bonds is 2. The topological polar surface area (TPSA) is 63.6 Å². The minimum Gasteiger partial charge on any atom is -0.390 e. The Morgan fingerprint density at radius 1 is 1.50 bits per heavy atom. The maximum Gasteiger partial charge on any atom is 0.153 e. The van der Waals surface area contributed by atoms with Crippen molar-refractivity contribution in [3.63, 3.8) is 0 Å². The minimum atomic E-state index is 0.631. The van der Waals surface area contributed by atoms with Crippen molar-refractivity contribution in [2.45, 2.75) is 6.92 Å². The highest BCUT2D eigenvalue weighted by atomic mass is 14.9. The smallest absolute Gasteiger partial charge is 0.153 e. The van der Waals surface area contributed by atoms with Crippen LogP contribution in [0, 0.1) is 6.92 Å². The van der Waals surface area contributed by atoms with E-state index in [-0.39, 0.29) is 0 Å². The minimum absolute atomic E-state index is 0.631. The van der Waals surface area contributed by atoms with Crippen molar-refractivity contribution in [2.75, 3.05) is 0 Å². The van der Waals surface area contributed by atoms with Gasteiger partial charge in [0, 0.05) is 6.20 Å². The lowest BCUT2D eigenvalue weighted by Gasteiger charge is -1.91. The van der Waals surface area contributed by atoms with Gasteiger partial charge in [-0.3, -0.25) is 0 Å². The predicted octanol–water partition coefficient (Wildman–Crippen LogP) is 1.04. The Morgan fingerprint density at radius 3 is 2.92 bits per heavy atom. The van der Waals surface area contributed by atoms with Gasteiger partial charge in [-0.05, 0) is 18.6 Å². The second kappa shape index (κ2) is 4.23. The van der Waals surface area contributed by atoms with Crippen LogP contribution in [0.15, 0.2) is 28.3 Å². The molecule has 62 valence electrons. The Kier molecular flexibility index (Phi) is 2.95. The first-order valence-electron chi connectivity index (χ1n) is 3.51. The van der Waals surface area contributed by atoms with Gasteiger partial charge in [-0.25, -0.2) is 15.0 Å². The number of aromatic nitrogens is 1. The standard InChI is InChI=1S/C8H10N4/c1-7-2-3-8(11-4-7)12-6-10-5-9/h2-6H,1H3,(H2,9,10,11,12). The molecule has 0 fully saturated rings. The molecule has 1 rings (SSSR count). The molecule has 2 N–H and O–H groups in total. The molecule has 12 heavy (non-hydrogen) atoms. The van der Waals surface area contributed by atoms with Gasteiger partial charge in [-0.15, -0.1) is 0 Å². The number of aliphatic imine (C=N–C) groups is 2. The zero-order valence-corrected chi connectivity index (χ0v) is 6.81. The van der Waals surface area contributed by atoms with Crippen molar-refractivity contribution in [3.8, 4) is 0 Å². The van der Waals surface area contributed by atoms with Crippen LogP contribution in [0.5, 0.6) is 0 Å². The molecule has 0 saturated carbocycles. The normalized spacial score (nSPS) is 11.4. The van der Waals surface area contributed by atoms with Crippen LogP contribution in [0.25, 0.3) is 0 Å². The summed E-state index contributed by atoms with van der Waals surface area (Å²) in [5.41, 5.74) is 6.12. The molecule has 0 saturated heterocycles. The van der Waals surface area contributed by atoms with E-state index >= 15 is 0 Å². The molecule has 0 aliphatic carbocycles. The molecule has 0 atom stereocenters. The number of nitrogens with two attached hydrogens (primary N) is 1.